The number of nitrogens with zero attached hydrogens (tertiary/aromatic N) is 2. The highest BCUT2D eigenvalue weighted by atomic mass is 35.5. The van der Waals surface area contributed by atoms with Crippen molar-refractivity contribution in [1.29, 1.82) is 0 Å². The maximum absolute atomic E-state index is 12.6. The first-order chi connectivity index (χ1) is 13.0. The molecule has 0 fully saturated rings. The zero-order valence-corrected chi connectivity index (χ0v) is 15.5. The van der Waals surface area contributed by atoms with Crippen molar-refractivity contribution in [2.45, 2.75) is 20.0 Å². The molecule has 0 atom stereocenters. The fourth-order valence-corrected chi connectivity index (χ4v) is 2.81. The van der Waals surface area contributed by atoms with Gasteiger partial charge in [0.25, 0.3) is 5.91 Å². The summed E-state index contributed by atoms with van der Waals surface area (Å²) in [5.74, 6) is -0.553. The summed E-state index contributed by atoms with van der Waals surface area (Å²) >= 11 is 5.80. The second-order valence-electron chi connectivity index (χ2n) is 6.12. The Morgan fingerprint density at radius 3 is 2.70 bits per heavy atom. The zero-order valence-electron chi connectivity index (χ0n) is 14.8. The molecule has 0 saturated heterocycles. The summed E-state index contributed by atoms with van der Waals surface area (Å²) in [7, 11) is 0. The van der Waals surface area contributed by atoms with Crippen molar-refractivity contribution < 1.29 is 9.59 Å². The summed E-state index contributed by atoms with van der Waals surface area (Å²) in [6, 6.07) is 14.8. The van der Waals surface area contributed by atoms with Crippen LogP contribution in [0.4, 0.5) is 5.69 Å². The van der Waals surface area contributed by atoms with Gasteiger partial charge in [0.2, 0.25) is 5.91 Å². The number of hydrogen-bond donors (Lipinski definition) is 2. The molecule has 1 heterocycles. The van der Waals surface area contributed by atoms with Crippen LogP contribution < -0.4 is 10.6 Å². The van der Waals surface area contributed by atoms with E-state index in [0.717, 1.165) is 11.1 Å². The van der Waals surface area contributed by atoms with Crippen LogP contribution in [0, 0.1) is 6.92 Å². The summed E-state index contributed by atoms with van der Waals surface area (Å²) in [6.45, 7) is 2.42. The molecule has 6 nitrogen and oxygen atoms in total. The maximum Gasteiger partial charge on any atom is 0.253 e. The summed E-state index contributed by atoms with van der Waals surface area (Å²) in [5.41, 5.74) is 2.99. The number of halogens is 1. The Kier molecular flexibility index (Phi) is 5.88. The molecule has 2 amide bonds. The number of amides is 2. The van der Waals surface area contributed by atoms with Crippen LogP contribution in [0.2, 0.25) is 5.02 Å². The van der Waals surface area contributed by atoms with Crippen LogP contribution in [-0.2, 0) is 17.9 Å². The minimum atomic E-state index is -0.297. The number of rotatable bonds is 6. The molecule has 0 aliphatic rings. The monoisotopic (exact) mass is 382 g/mol. The maximum atomic E-state index is 12.6. The van der Waals surface area contributed by atoms with Gasteiger partial charge in [0.05, 0.1) is 22.5 Å². The molecule has 0 bridgehead atoms. The van der Waals surface area contributed by atoms with Crippen LogP contribution >= 0.6 is 11.6 Å². The minimum absolute atomic E-state index is 0.00592. The van der Waals surface area contributed by atoms with Crippen LogP contribution in [0.1, 0.15) is 21.5 Å². The molecular formula is C20H19ClN4O2. The van der Waals surface area contributed by atoms with Crippen molar-refractivity contribution in [2.75, 3.05) is 5.32 Å². The Labute approximate surface area is 162 Å². The van der Waals surface area contributed by atoms with Gasteiger partial charge in [0.1, 0.15) is 6.54 Å². The standard InChI is InChI=1S/C20H19ClN4O2/c1-14-5-4-6-15(9-14)10-22-20(27)17-7-2-3-8-18(17)24-19(26)13-25-12-16(21)11-23-25/h2-9,11-12H,10,13H2,1H3,(H,22,27)(H,24,26). The first kappa shape index (κ1) is 18.7. The molecule has 0 radical (unpaired) electrons. The zero-order chi connectivity index (χ0) is 19.2. The van der Waals surface area contributed by atoms with Gasteiger partial charge in [0, 0.05) is 12.7 Å². The molecule has 3 rings (SSSR count). The van der Waals surface area contributed by atoms with E-state index in [-0.39, 0.29) is 18.4 Å². The van der Waals surface area contributed by atoms with E-state index in [1.807, 2.05) is 31.2 Å². The molecule has 3 aromatic rings. The molecular weight excluding hydrogens is 364 g/mol. The number of carbonyl (C=O) groups is 2. The van der Waals surface area contributed by atoms with Crippen LogP contribution in [0.15, 0.2) is 60.9 Å². The number of nitrogens with one attached hydrogen (secondary N) is 2. The normalized spacial score (nSPS) is 10.4. The molecule has 0 aliphatic heterocycles. The van der Waals surface area contributed by atoms with Gasteiger partial charge in [-0.25, -0.2) is 0 Å². The average molecular weight is 383 g/mol. The summed E-state index contributed by atoms with van der Waals surface area (Å²) in [4.78, 5) is 24.8. The van der Waals surface area contributed by atoms with E-state index in [9.17, 15) is 9.59 Å². The van der Waals surface area contributed by atoms with E-state index in [1.54, 1.807) is 30.5 Å². The first-order valence-electron chi connectivity index (χ1n) is 8.42. The van der Waals surface area contributed by atoms with Crippen molar-refractivity contribution in [3.8, 4) is 0 Å². The predicted octanol–water partition coefficient (Wildman–Crippen LogP) is 3.41. The van der Waals surface area contributed by atoms with Gasteiger partial charge in [-0.05, 0) is 24.6 Å². The summed E-state index contributed by atoms with van der Waals surface area (Å²) < 4.78 is 1.43. The molecule has 0 aliphatic carbocycles. The van der Waals surface area contributed by atoms with E-state index >= 15 is 0 Å². The summed E-state index contributed by atoms with van der Waals surface area (Å²) in [5, 5.41) is 10.1. The number of benzene rings is 2. The SMILES string of the molecule is Cc1cccc(CNC(=O)c2ccccc2NC(=O)Cn2cc(Cl)cn2)c1. The highest BCUT2D eigenvalue weighted by molar-refractivity contribution is 6.30. The second-order valence-corrected chi connectivity index (χ2v) is 6.56. The lowest BCUT2D eigenvalue weighted by Crippen LogP contribution is -2.26. The second kappa shape index (κ2) is 8.51. The topological polar surface area (TPSA) is 76.0 Å². The lowest BCUT2D eigenvalue weighted by atomic mass is 10.1. The van der Waals surface area contributed by atoms with E-state index < -0.39 is 0 Å². The van der Waals surface area contributed by atoms with Gasteiger partial charge in [-0.1, -0.05) is 53.6 Å². The molecule has 0 saturated carbocycles. The van der Waals surface area contributed by atoms with Crippen molar-refractivity contribution >= 4 is 29.1 Å². The quantitative estimate of drug-likeness (QED) is 0.685. The Hall–Kier alpha value is -3.12. The number of para-hydroxylation sites is 1. The Morgan fingerprint density at radius 2 is 1.96 bits per heavy atom. The largest absolute Gasteiger partial charge is 0.348 e. The molecule has 0 unspecified atom stereocenters. The molecule has 0 spiro atoms. The third-order valence-electron chi connectivity index (χ3n) is 3.89. The summed E-state index contributed by atoms with van der Waals surface area (Å²) in [6.07, 6.45) is 3.02. The number of aryl methyl sites for hydroxylation is 1. The Morgan fingerprint density at radius 1 is 1.15 bits per heavy atom. The van der Waals surface area contributed by atoms with Crippen LogP contribution in [0.3, 0.4) is 0 Å². The highest BCUT2D eigenvalue weighted by Gasteiger charge is 2.13. The van der Waals surface area contributed by atoms with Crippen LogP contribution in [0.25, 0.3) is 0 Å². The van der Waals surface area contributed by atoms with Crippen LogP contribution in [0.5, 0.6) is 0 Å². The number of carbonyl (C=O) groups excluding carboxylic acids is 2. The van der Waals surface area contributed by atoms with Gasteiger partial charge in [-0.15, -0.1) is 0 Å². The van der Waals surface area contributed by atoms with E-state index in [4.69, 9.17) is 11.6 Å². The molecule has 1 aromatic heterocycles. The van der Waals surface area contributed by atoms with Gasteiger partial charge in [-0.3, -0.25) is 14.3 Å². The molecule has 7 heteroatoms. The smallest absolute Gasteiger partial charge is 0.253 e. The fraction of sp³-hybridized carbons (Fsp3) is 0.150. The Bertz CT molecular complexity index is 968. The lowest BCUT2D eigenvalue weighted by Gasteiger charge is -2.12. The lowest BCUT2D eigenvalue weighted by molar-refractivity contribution is -0.116. The van der Waals surface area contributed by atoms with Crippen molar-refractivity contribution in [1.82, 2.24) is 15.1 Å². The van der Waals surface area contributed by atoms with Crippen molar-refractivity contribution in [3.05, 3.63) is 82.6 Å². The van der Waals surface area contributed by atoms with E-state index in [0.29, 0.717) is 22.8 Å². The van der Waals surface area contributed by atoms with Gasteiger partial charge in [0.15, 0.2) is 0 Å². The number of anilines is 1. The third-order valence-corrected chi connectivity index (χ3v) is 4.08. The van der Waals surface area contributed by atoms with Gasteiger partial charge >= 0.3 is 0 Å². The van der Waals surface area contributed by atoms with E-state index in [2.05, 4.69) is 15.7 Å². The number of hydrogen-bond acceptors (Lipinski definition) is 3. The third kappa shape index (κ3) is 5.18. The average Bonchev–Trinajstić information content (AvgIpc) is 3.05. The minimum Gasteiger partial charge on any atom is -0.348 e. The predicted molar refractivity (Wildman–Crippen MR) is 105 cm³/mol. The molecule has 27 heavy (non-hydrogen) atoms. The van der Waals surface area contributed by atoms with Gasteiger partial charge < -0.3 is 10.6 Å². The first-order valence-corrected chi connectivity index (χ1v) is 8.79. The van der Waals surface area contributed by atoms with Crippen molar-refractivity contribution in [3.63, 3.8) is 0 Å². The number of aromatic nitrogens is 2. The van der Waals surface area contributed by atoms with Crippen LogP contribution in [-0.4, -0.2) is 21.6 Å². The Balaban J connectivity index is 1.65. The fourth-order valence-electron chi connectivity index (χ4n) is 2.65. The molecule has 138 valence electrons. The van der Waals surface area contributed by atoms with Crippen molar-refractivity contribution in [2.24, 2.45) is 0 Å². The van der Waals surface area contributed by atoms with Gasteiger partial charge in [-0.2, -0.15) is 5.10 Å². The van der Waals surface area contributed by atoms with E-state index in [1.165, 1.54) is 10.9 Å². The highest BCUT2D eigenvalue weighted by Crippen LogP contribution is 2.16. The molecule has 2 aromatic carbocycles. The molecule has 2 N–H and O–H groups in total.